The van der Waals surface area contributed by atoms with E-state index in [0.29, 0.717) is 0 Å². The van der Waals surface area contributed by atoms with E-state index < -0.39 is 0 Å². The smallest absolute Gasteiger partial charge is 0.191 e. The molecule has 0 aliphatic rings. The number of hydrogen-bond donors (Lipinski definition) is 2. The highest BCUT2D eigenvalue weighted by molar-refractivity contribution is 14.0. The van der Waals surface area contributed by atoms with Crippen molar-refractivity contribution in [3.05, 3.63) is 52.8 Å². The predicted molar refractivity (Wildman–Crippen MR) is 106 cm³/mol. The van der Waals surface area contributed by atoms with Crippen LogP contribution >= 0.6 is 24.0 Å². The topological polar surface area (TPSA) is 54.2 Å². The van der Waals surface area contributed by atoms with Crippen LogP contribution in [0.4, 0.5) is 0 Å². The van der Waals surface area contributed by atoms with Gasteiger partial charge < -0.3 is 10.6 Å². The maximum absolute atomic E-state index is 4.24. The lowest BCUT2D eigenvalue weighted by molar-refractivity contribution is 0.764. The van der Waals surface area contributed by atoms with Crippen LogP contribution in [0.5, 0.6) is 0 Å². The quantitative estimate of drug-likeness (QED) is 0.438. The molecule has 1 aromatic heterocycles. The van der Waals surface area contributed by atoms with Gasteiger partial charge in [-0.15, -0.1) is 24.0 Å². The van der Waals surface area contributed by atoms with E-state index in [4.69, 9.17) is 0 Å². The van der Waals surface area contributed by atoms with E-state index in [2.05, 4.69) is 52.8 Å². The lowest BCUT2D eigenvalue weighted by Gasteiger charge is -2.11. The Morgan fingerprint density at radius 3 is 2.39 bits per heavy atom. The molecule has 0 aliphatic heterocycles. The Bertz CT molecular complexity index is 628. The van der Waals surface area contributed by atoms with Gasteiger partial charge in [0.2, 0.25) is 0 Å². The zero-order valence-electron chi connectivity index (χ0n) is 14.3. The molecule has 0 saturated heterocycles. The molecule has 2 N–H and O–H groups in total. The first-order valence-corrected chi connectivity index (χ1v) is 7.56. The number of benzene rings is 1. The Hall–Kier alpha value is -1.57. The zero-order chi connectivity index (χ0) is 15.9. The SMILES string of the molecule is CN=C(NCCc1cc(C)cc(C)c1)NCc1cnn(C)c1.I. The maximum atomic E-state index is 4.24. The fourth-order valence-electron chi connectivity index (χ4n) is 2.51. The third-order valence-electron chi connectivity index (χ3n) is 3.43. The number of aliphatic imine (C=N–C) groups is 1. The molecular weight excluding hydrogens is 401 g/mol. The predicted octanol–water partition coefficient (Wildman–Crippen LogP) is 2.56. The molecule has 2 aromatic rings. The van der Waals surface area contributed by atoms with Crippen molar-refractivity contribution in [1.29, 1.82) is 0 Å². The van der Waals surface area contributed by atoms with Crippen LogP contribution in [0, 0.1) is 13.8 Å². The molecule has 0 spiro atoms. The summed E-state index contributed by atoms with van der Waals surface area (Å²) in [6.07, 6.45) is 4.84. The number of nitrogens with zero attached hydrogens (tertiary/aromatic N) is 3. The molecule has 5 nitrogen and oxygen atoms in total. The third-order valence-corrected chi connectivity index (χ3v) is 3.43. The summed E-state index contributed by atoms with van der Waals surface area (Å²) in [6.45, 7) is 5.85. The van der Waals surface area contributed by atoms with E-state index in [1.807, 2.05) is 19.4 Å². The largest absolute Gasteiger partial charge is 0.356 e. The van der Waals surface area contributed by atoms with Crippen molar-refractivity contribution in [3.63, 3.8) is 0 Å². The maximum Gasteiger partial charge on any atom is 0.191 e. The van der Waals surface area contributed by atoms with Crippen LogP contribution in [0.25, 0.3) is 0 Å². The van der Waals surface area contributed by atoms with Crippen molar-refractivity contribution in [2.24, 2.45) is 12.0 Å². The second-order valence-corrected chi connectivity index (χ2v) is 5.62. The molecule has 1 heterocycles. The van der Waals surface area contributed by atoms with Crippen molar-refractivity contribution < 1.29 is 0 Å². The average molecular weight is 427 g/mol. The minimum atomic E-state index is 0. The standard InChI is InChI=1S/C17H25N5.HI/c1-13-7-14(2)9-15(8-13)5-6-19-17(18-3)20-10-16-11-21-22(4)12-16;/h7-9,11-12H,5-6,10H2,1-4H3,(H2,18,19,20);1H. The summed E-state index contributed by atoms with van der Waals surface area (Å²) in [4.78, 5) is 4.24. The minimum Gasteiger partial charge on any atom is -0.356 e. The van der Waals surface area contributed by atoms with Crippen LogP contribution in [0.3, 0.4) is 0 Å². The average Bonchev–Trinajstić information content (AvgIpc) is 2.87. The number of guanidine groups is 1. The lowest BCUT2D eigenvalue weighted by atomic mass is 10.1. The molecule has 1 aromatic carbocycles. The number of halogens is 1. The Morgan fingerprint density at radius 2 is 1.83 bits per heavy atom. The molecule has 0 saturated carbocycles. The summed E-state index contributed by atoms with van der Waals surface area (Å²) in [6, 6.07) is 6.67. The van der Waals surface area contributed by atoms with Crippen LogP contribution in [0.15, 0.2) is 35.6 Å². The van der Waals surface area contributed by atoms with Gasteiger partial charge in [0.05, 0.1) is 6.20 Å². The van der Waals surface area contributed by atoms with Crippen molar-refractivity contribution in [1.82, 2.24) is 20.4 Å². The van der Waals surface area contributed by atoms with Crippen molar-refractivity contribution in [2.75, 3.05) is 13.6 Å². The highest BCUT2D eigenvalue weighted by atomic mass is 127. The minimum absolute atomic E-state index is 0. The highest BCUT2D eigenvalue weighted by Crippen LogP contribution is 2.08. The number of aromatic nitrogens is 2. The molecule has 0 unspecified atom stereocenters. The summed E-state index contributed by atoms with van der Waals surface area (Å²) >= 11 is 0. The fraction of sp³-hybridized carbons (Fsp3) is 0.412. The molecule has 0 amide bonds. The summed E-state index contributed by atoms with van der Waals surface area (Å²) < 4.78 is 1.80. The van der Waals surface area contributed by atoms with Gasteiger partial charge in [-0.2, -0.15) is 5.10 Å². The van der Waals surface area contributed by atoms with Crippen molar-refractivity contribution in [2.45, 2.75) is 26.8 Å². The molecule has 0 fully saturated rings. The molecule has 23 heavy (non-hydrogen) atoms. The Balaban J connectivity index is 0.00000264. The van der Waals surface area contributed by atoms with E-state index in [-0.39, 0.29) is 24.0 Å². The van der Waals surface area contributed by atoms with Crippen molar-refractivity contribution >= 4 is 29.9 Å². The molecule has 6 heteroatoms. The van der Waals surface area contributed by atoms with E-state index in [0.717, 1.165) is 31.0 Å². The fourth-order valence-corrected chi connectivity index (χ4v) is 2.51. The summed E-state index contributed by atoms with van der Waals surface area (Å²) in [7, 11) is 3.70. The van der Waals surface area contributed by atoms with E-state index in [1.165, 1.54) is 16.7 Å². The van der Waals surface area contributed by atoms with E-state index >= 15 is 0 Å². The number of aryl methyl sites for hydroxylation is 3. The van der Waals surface area contributed by atoms with Gasteiger partial charge in [0.15, 0.2) is 5.96 Å². The highest BCUT2D eigenvalue weighted by Gasteiger charge is 2.01. The molecule has 126 valence electrons. The van der Waals surface area contributed by atoms with Crippen molar-refractivity contribution in [3.8, 4) is 0 Å². The molecule has 0 radical (unpaired) electrons. The van der Waals surface area contributed by atoms with Crippen LogP contribution in [0.1, 0.15) is 22.3 Å². The third kappa shape index (κ3) is 6.60. The van der Waals surface area contributed by atoms with Gasteiger partial charge in [-0.3, -0.25) is 9.67 Å². The molecule has 0 atom stereocenters. The summed E-state index contributed by atoms with van der Waals surface area (Å²) in [5, 5.41) is 10.8. The van der Waals surface area contributed by atoms with Gasteiger partial charge in [0.1, 0.15) is 0 Å². The van der Waals surface area contributed by atoms with Gasteiger partial charge in [0.25, 0.3) is 0 Å². The summed E-state index contributed by atoms with van der Waals surface area (Å²) in [5.41, 5.74) is 5.12. The van der Waals surface area contributed by atoms with Gasteiger partial charge in [-0.05, 0) is 25.8 Å². The molecule has 2 rings (SSSR count). The van der Waals surface area contributed by atoms with Crippen LogP contribution in [-0.2, 0) is 20.0 Å². The number of nitrogens with one attached hydrogen (secondary N) is 2. The lowest BCUT2D eigenvalue weighted by Crippen LogP contribution is -2.37. The number of hydrogen-bond acceptors (Lipinski definition) is 2. The second kappa shape index (κ2) is 9.54. The Kier molecular flexibility index (Phi) is 8.08. The van der Waals surface area contributed by atoms with E-state index in [1.54, 1.807) is 11.7 Å². The zero-order valence-corrected chi connectivity index (χ0v) is 16.6. The first-order chi connectivity index (χ1) is 10.6. The van der Waals surface area contributed by atoms with E-state index in [9.17, 15) is 0 Å². The number of rotatable bonds is 5. The van der Waals surface area contributed by atoms with Crippen LogP contribution < -0.4 is 10.6 Å². The summed E-state index contributed by atoms with van der Waals surface area (Å²) in [5.74, 6) is 0.813. The van der Waals surface area contributed by atoms with Crippen LogP contribution in [-0.4, -0.2) is 29.3 Å². The Labute approximate surface area is 155 Å². The van der Waals surface area contributed by atoms with Gasteiger partial charge >= 0.3 is 0 Å². The normalized spacial score (nSPS) is 11.0. The molecule has 0 aliphatic carbocycles. The van der Waals surface area contributed by atoms with Crippen LogP contribution in [0.2, 0.25) is 0 Å². The molecular formula is C17H26IN5. The monoisotopic (exact) mass is 427 g/mol. The van der Waals surface area contributed by atoms with Gasteiger partial charge in [-0.1, -0.05) is 29.3 Å². The van der Waals surface area contributed by atoms with Gasteiger partial charge in [-0.25, -0.2) is 0 Å². The molecule has 0 bridgehead atoms. The second-order valence-electron chi connectivity index (χ2n) is 5.62. The Morgan fingerprint density at radius 1 is 1.13 bits per heavy atom. The first kappa shape index (κ1) is 19.5. The first-order valence-electron chi connectivity index (χ1n) is 7.56. The van der Waals surface area contributed by atoms with Gasteiger partial charge in [0, 0.05) is 38.9 Å².